The van der Waals surface area contributed by atoms with Gasteiger partial charge in [-0.1, -0.05) is 31.4 Å². The van der Waals surface area contributed by atoms with Crippen LogP contribution in [0.1, 0.15) is 38.5 Å². The van der Waals surface area contributed by atoms with Crippen LogP contribution in [0.5, 0.6) is 0 Å². The normalized spacial score (nSPS) is 25.4. The molecule has 1 atom stereocenters. The van der Waals surface area contributed by atoms with E-state index in [0.717, 1.165) is 25.7 Å². The number of halogens is 1. The molecule has 1 aliphatic carbocycles. The second-order valence-corrected chi connectivity index (χ2v) is 11.1. The molecule has 1 aromatic rings. The highest BCUT2D eigenvalue weighted by Gasteiger charge is 2.39. The zero-order chi connectivity index (χ0) is 21.1. The Labute approximate surface area is 178 Å². The monoisotopic (exact) mass is 437 g/mol. The average Bonchev–Trinajstić information content (AvgIpc) is 3.09. The van der Waals surface area contributed by atoms with E-state index in [1.54, 1.807) is 12.1 Å². The van der Waals surface area contributed by atoms with Crippen LogP contribution in [-0.4, -0.2) is 80.4 Å². The summed E-state index contributed by atoms with van der Waals surface area (Å²) in [4.78, 5) is 19.4. The van der Waals surface area contributed by atoms with E-state index in [-0.39, 0.29) is 35.3 Å². The maximum Gasteiger partial charge on any atom is 0.237 e. The highest BCUT2D eigenvalue weighted by Crippen LogP contribution is 2.29. The molecular weight excluding hydrogens is 405 g/mol. The number of amides is 1. The first-order valence-electron chi connectivity index (χ1n) is 11.2. The van der Waals surface area contributed by atoms with Gasteiger partial charge in [-0.15, -0.1) is 0 Å². The number of carbonyl (C=O) groups is 1. The summed E-state index contributed by atoms with van der Waals surface area (Å²) >= 11 is 0. The zero-order valence-corrected chi connectivity index (χ0v) is 18.3. The average molecular weight is 438 g/mol. The molecule has 3 fully saturated rings. The third kappa shape index (κ3) is 4.97. The lowest BCUT2D eigenvalue weighted by atomic mass is 9.92. The molecule has 0 bridgehead atoms. The van der Waals surface area contributed by atoms with Crippen molar-refractivity contribution in [3.63, 3.8) is 0 Å². The number of sulfone groups is 1. The lowest BCUT2D eigenvalue weighted by Crippen LogP contribution is -2.54. The van der Waals surface area contributed by atoms with Gasteiger partial charge in [0.05, 0.1) is 23.7 Å². The molecule has 1 aromatic carbocycles. The molecule has 0 N–H and O–H groups in total. The summed E-state index contributed by atoms with van der Waals surface area (Å²) in [5, 5.41) is 0. The second kappa shape index (κ2) is 9.22. The molecule has 1 amide bonds. The SMILES string of the molecule is O=C(CN1CCN(c2ccccc2F)CC1)N(C1CCCCC1)C1CCS(=O)(=O)C1. The van der Waals surface area contributed by atoms with Gasteiger partial charge in [-0.3, -0.25) is 9.69 Å². The molecule has 0 spiro atoms. The van der Waals surface area contributed by atoms with Crippen LogP contribution in [-0.2, 0) is 14.6 Å². The minimum atomic E-state index is -3.04. The van der Waals surface area contributed by atoms with Crippen LogP contribution < -0.4 is 4.90 Å². The molecule has 0 aromatic heterocycles. The van der Waals surface area contributed by atoms with Crippen LogP contribution >= 0.6 is 0 Å². The number of para-hydroxylation sites is 1. The highest BCUT2D eigenvalue weighted by atomic mass is 32.2. The topological polar surface area (TPSA) is 60.9 Å². The number of nitrogens with zero attached hydrogens (tertiary/aromatic N) is 3. The predicted octanol–water partition coefficient (Wildman–Crippen LogP) is 2.30. The number of piperazine rings is 1. The Bertz CT molecular complexity index is 849. The Kier molecular flexibility index (Phi) is 6.63. The summed E-state index contributed by atoms with van der Waals surface area (Å²) in [6.45, 7) is 3.06. The second-order valence-electron chi connectivity index (χ2n) is 8.86. The van der Waals surface area contributed by atoms with Gasteiger partial charge in [-0.2, -0.15) is 0 Å². The Morgan fingerprint density at radius 1 is 1.00 bits per heavy atom. The maximum atomic E-state index is 14.1. The van der Waals surface area contributed by atoms with Crippen LogP contribution in [0.2, 0.25) is 0 Å². The molecule has 2 heterocycles. The van der Waals surface area contributed by atoms with Crippen molar-refractivity contribution in [3.8, 4) is 0 Å². The van der Waals surface area contributed by atoms with Crippen molar-refractivity contribution >= 4 is 21.4 Å². The summed E-state index contributed by atoms with van der Waals surface area (Å²) in [7, 11) is -3.04. The molecular formula is C22H32FN3O3S. The lowest BCUT2D eigenvalue weighted by Gasteiger charge is -2.41. The third-order valence-corrected chi connectivity index (χ3v) is 8.53. The van der Waals surface area contributed by atoms with Crippen molar-refractivity contribution in [3.05, 3.63) is 30.1 Å². The molecule has 1 saturated carbocycles. The van der Waals surface area contributed by atoms with Crippen molar-refractivity contribution in [2.45, 2.75) is 50.6 Å². The van der Waals surface area contributed by atoms with Gasteiger partial charge in [0.1, 0.15) is 5.82 Å². The van der Waals surface area contributed by atoms with Crippen LogP contribution in [0.15, 0.2) is 24.3 Å². The van der Waals surface area contributed by atoms with E-state index in [9.17, 15) is 17.6 Å². The Hall–Kier alpha value is -1.67. The van der Waals surface area contributed by atoms with Gasteiger partial charge in [0.2, 0.25) is 5.91 Å². The predicted molar refractivity (Wildman–Crippen MR) is 116 cm³/mol. The third-order valence-electron chi connectivity index (χ3n) is 6.78. The van der Waals surface area contributed by atoms with Gasteiger partial charge >= 0.3 is 0 Å². The van der Waals surface area contributed by atoms with E-state index in [2.05, 4.69) is 4.90 Å². The van der Waals surface area contributed by atoms with Gasteiger partial charge in [-0.25, -0.2) is 12.8 Å². The van der Waals surface area contributed by atoms with Crippen LogP contribution in [0.4, 0.5) is 10.1 Å². The first-order chi connectivity index (χ1) is 14.4. The van der Waals surface area contributed by atoms with E-state index >= 15 is 0 Å². The van der Waals surface area contributed by atoms with E-state index in [1.165, 1.54) is 12.5 Å². The van der Waals surface area contributed by atoms with Crippen molar-refractivity contribution < 1.29 is 17.6 Å². The number of rotatable bonds is 5. The number of hydrogen-bond donors (Lipinski definition) is 0. The maximum absolute atomic E-state index is 14.1. The molecule has 30 heavy (non-hydrogen) atoms. The first kappa shape index (κ1) is 21.6. The molecule has 3 aliphatic rings. The van der Waals surface area contributed by atoms with E-state index in [1.807, 2.05) is 15.9 Å². The van der Waals surface area contributed by atoms with Gasteiger partial charge in [0.15, 0.2) is 9.84 Å². The van der Waals surface area contributed by atoms with Crippen molar-refractivity contribution in [2.75, 3.05) is 49.1 Å². The molecule has 166 valence electrons. The quantitative estimate of drug-likeness (QED) is 0.707. The zero-order valence-electron chi connectivity index (χ0n) is 17.5. The molecule has 8 heteroatoms. The molecule has 2 saturated heterocycles. The summed E-state index contributed by atoms with van der Waals surface area (Å²) in [6.07, 6.45) is 5.92. The minimum Gasteiger partial charge on any atom is -0.367 e. The highest BCUT2D eigenvalue weighted by molar-refractivity contribution is 7.91. The number of carbonyl (C=O) groups excluding carboxylic acids is 1. The summed E-state index contributed by atoms with van der Waals surface area (Å²) in [5.41, 5.74) is 0.614. The fraction of sp³-hybridized carbons (Fsp3) is 0.682. The smallest absolute Gasteiger partial charge is 0.237 e. The summed E-state index contributed by atoms with van der Waals surface area (Å²) < 4.78 is 38.2. The largest absolute Gasteiger partial charge is 0.367 e. The van der Waals surface area contributed by atoms with E-state index < -0.39 is 9.84 Å². The van der Waals surface area contributed by atoms with Gasteiger partial charge < -0.3 is 9.80 Å². The molecule has 2 aliphatic heterocycles. The molecule has 1 unspecified atom stereocenters. The first-order valence-corrected chi connectivity index (χ1v) is 13.0. The van der Waals surface area contributed by atoms with Gasteiger partial charge in [0.25, 0.3) is 0 Å². The Balaban J connectivity index is 1.38. The fourth-order valence-electron chi connectivity index (χ4n) is 5.19. The summed E-state index contributed by atoms with van der Waals surface area (Å²) in [6, 6.07) is 6.79. The standard InChI is InChI=1S/C22H32FN3O3S/c23-20-8-4-5-9-21(20)25-13-11-24(12-14-25)16-22(27)26(18-6-2-1-3-7-18)19-10-15-30(28,29)17-19/h4-5,8-9,18-19H,1-3,6-7,10-17H2. The fourth-order valence-corrected chi connectivity index (χ4v) is 6.90. The number of benzene rings is 1. The lowest BCUT2D eigenvalue weighted by molar-refractivity contribution is -0.137. The molecule has 0 radical (unpaired) electrons. The van der Waals surface area contributed by atoms with E-state index in [4.69, 9.17) is 0 Å². The van der Waals surface area contributed by atoms with Gasteiger partial charge in [-0.05, 0) is 31.4 Å². The Morgan fingerprint density at radius 3 is 2.33 bits per heavy atom. The van der Waals surface area contributed by atoms with E-state index in [0.29, 0.717) is 44.8 Å². The van der Waals surface area contributed by atoms with Crippen LogP contribution in [0.3, 0.4) is 0 Å². The van der Waals surface area contributed by atoms with Crippen molar-refractivity contribution in [1.29, 1.82) is 0 Å². The number of anilines is 1. The number of hydrogen-bond acceptors (Lipinski definition) is 5. The van der Waals surface area contributed by atoms with Crippen LogP contribution in [0.25, 0.3) is 0 Å². The summed E-state index contributed by atoms with van der Waals surface area (Å²) in [5.74, 6) is 0.141. The molecule has 4 rings (SSSR count). The van der Waals surface area contributed by atoms with Crippen LogP contribution in [0, 0.1) is 5.82 Å². The van der Waals surface area contributed by atoms with Crippen molar-refractivity contribution in [2.24, 2.45) is 0 Å². The van der Waals surface area contributed by atoms with Gasteiger partial charge in [0, 0.05) is 38.3 Å². The Morgan fingerprint density at radius 2 is 1.70 bits per heavy atom. The van der Waals surface area contributed by atoms with Crippen molar-refractivity contribution in [1.82, 2.24) is 9.80 Å². The minimum absolute atomic E-state index is 0.0586. The molecule has 6 nitrogen and oxygen atoms in total.